The molecule has 1 aliphatic rings. The molecule has 0 atom stereocenters. The summed E-state index contributed by atoms with van der Waals surface area (Å²) < 4.78 is 0. The monoisotopic (exact) mass is 222 g/mol. The minimum Gasteiger partial charge on any atom is -0.390 e. The first-order valence-corrected chi connectivity index (χ1v) is 5.65. The van der Waals surface area contributed by atoms with Crippen LogP contribution >= 0.6 is 0 Å². The van der Waals surface area contributed by atoms with Gasteiger partial charge in [-0.2, -0.15) is 0 Å². The molecule has 0 radical (unpaired) electrons. The summed E-state index contributed by atoms with van der Waals surface area (Å²) in [5.41, 5.74) is 0.621. The highest BCUT2D eigenvalue weighted by Crippen LogP contribution is 2.11. The molecule has 2 heterocycles. The molecule has 0 unspecified atom stereocenters. The van der Waals surface area contributed by atoms with Crippen molar-refractivity contribution in [2.45, 2.75) is 13.0 Å². The topological polar surface area (TPSA) is 52.5 Å². The van der Waals surface area contributed by atoms with Crippen molar-refractivity contribution in [1.82, 2.24) is 14.9 Å². The fourth-order valence-electron chi connectivity index (χ4n) is 1.87. The molecule has 5 heteroatoms. The van der Waals surface area contributed by atoms with Gasteiger partial charge in [-0.3, -0.25) is 4.98 Å². The van der Waals surface area contributed by atoms with E-state index in [0.717, 1.165) is 38.4 Å². The Hall–Kier alpha value is -1.20. The lowest BCUT2D eigenvalue weighted by Gasteiger charge is -2.21. The summed E-state index contributed by atoms with van der Waals surface area (Å²) in [6, 6.07) is 0. The van der Waals surface area contributed by atoms with E-state index in [9.17, 15) is 0 Å². The Morgan fingerprint density at radius 1 is 1.19 bits per heavy atom. The molecule has 0 amide bonds. The summed E-state index contributed by atoms with van der Waals surface area (Å²) >= 11 is 0. The van der Waals surface area contributed by atoms with Gasteiger partial charge < -0.3 is 14.9 Å². The molecule has 16 heavy (non-hydrogen) atoms. The van der Waals surface area contributed by atoms with E-state index in [1.807, 2.05) is 0 Å². The Morgan fingerprint density at radius 3 is 2.75 bits per heavy atom. The Labute approximate surface area is 95.7 Å². The van der Waals surface area contributed by atoms with Crippen LogP contribution in [0.4, 0.5) is 5.82 Å². The van der Waals surface area contributed by atoms with Gasteiger partial charge in [-0.05, 0) is 20.0 Å². The maximum Gasteiger partial charge on any atom is 0.147 e. The normalized spacial score (nSPS) is 18.5. The van der Waals surface area contributed by atoms with Crippen LogP contribution in [0.1, 0.15) is 12.1 Å². The summed E-state index contributed by atoms with van der Waals surface area (Å²) in [6.45, 7) is 4.17. The first-order chi connectivity index (χ1) is 7.79. The van der Waals surface area contributed by atoms with Crippen LogP contribution < -0.4 is 4.90 Å². The van der Waals surface area contributed by atoms with E-state index in [1.165, 1.54) is 0 Å². The molecule has 1 N–H and O–H groups in total. The van der Waals surface area contributed by atoms with Gasteiger partial charge in [0.15, 0.2) is 0 Å². The predicted molar refractivity (Wildman–Crippen MR) is 62.3 cm³/mol. The third-order valence-corrected chi connectivity index (χ3v) is 2.90. The van der Waals surface area contributed by atoms with Crippen LogP contribution in [0.2, 0.25) is 0 Å². The van der Waals surface area contributed by atoms with Crippen molar-refractivity contribution in [3.8, 4) is 0 Å². The number of nitrogens with zero attached hydrogens (tertiary/aromatic N) is 4. The van der Waals surface area contributed by atoms with E-state index >= 15 is 0 Å². The molecule has 0 spiro atoms. The number of anilines is 1. The van der Waals surface area contributed by atoms with Gasteiger partial charge in [0, 0.05) is 19.6 Å². The molecule has 1 aromatic heterocycles. The van der Waals surface area contributed by atoms with Crippen molar-refractivity contribution < 1.29 is 5.11 Å². The first-order valence-electron chi connectivity index (χ1n) is 5.65. The summed E-state index contributed by atoms with van der Waals surface area (Å²) in [6.07, 6.45) is 4.54. The molecule has 0 bridgehead atoms. The fraction of sp³-hybridized carbons (Fsp3) is 0.636. The molecule has 0 saturated carbocycles. The lowest BCUT2D eigenvalue weighted by Crippen LogP contribution is -2.29. The average Bonchev–Trinajstić information content (AvgIpc) is 2.54. The van der Waals surface area contributed by atoms with Gasteiger partial charge in [0.1, 0.15) is 5.82 Å². The standard InChI is InChI=1S/C11H18N4O/c1-14-3-2-4-15(6-5-14)11-8-12-10(9-16)7-13-11/h7-8,16H,2-6,9H2,1H3. The number of likely N-dealkylation sites (N-methyl/N-ethyl adjacent to an activating group) is 1. The number of hydrogen-bond donors (Lipinski definition) is 1. The molecule has 1 fully saturated rings. The zero-order valence-corrected chi connectivity index (χ0v) is 9.63. The van der Waals surface area contributed by atoms with E-state index in [1.54, 1.807) is 12.4 Å². The Morgan fingerprint density at radius 2 is 2.06 bits per heavy atom. The number of rotatable bonds is 2. The van der Waals surface area contributed by atoms with Crippen LogP contribution in [0.15, 0.2) is 12.4 Å². The molecular formula is C11H18N4O. The molecule has 2 rings (SSSR count). The van der Waals surface area contributed by atoms with Crippen molar-refractivity contribution in [2.24, 2.45) is 0 Å². The van der Waals surface area contributed by atoms with Crippen molar-refractivity contribution in [1.29, 1.82) is 0 Å². The van der Waals surface area contributed by atoms with E-state index < -0.39 is 0 Å². The van der Waals surface area contributed by atoms with Crippen LogP contribution in [0, 0.1) is 0 Å². The third-order valence-electron chi connectivity index (χ3n) is 2.90. The van der Waals surface area contributed by atoms with Crippen molar-refractivity contribution in [3.05, 3.63) is 18.1 Å². The van der Waals surface area contributed by atoms with Crippen molar-refractivity contribution >= 4 is 5.82 Å². The largest absolute Gasteiger partial charge is 0.390 e. The second-order valence-corrected chi connectivity index (χ2v) is 4.17. The Bertz CT molecular complexity index is 327. The number of hydrogen-bond acceptors (Lipinski definition) is 5. The summed E-state index contributed by atoms with van der Waals surface area (Å²) in [5.74, 6) is 0.910. The van der Waals surface area contributed by atoms with Crippen LogP contribution in [-0.4, -0.2) is 53.2 Å². The highest BCUT2D eigenvalue weighted by molar-refractivity contribution is 5.35. The molecule has 88 valence electrons. The Kier molecular flexibility index (Phi) is 3.69. The number of aromatic nitrogens is 2. The van der Waals surface area contributed by atoms with E-state index in [4.69, 9.17) is 5.11 Å². The summed E-state index contributed by atoms with van der Waals surface area (Å²) in [4.78, 5) is 13.1. The fourth-order valence-corrected chi connectivity index (χ4v) is 1.87. The number of aliphatic hydroxyl groups excluding tert-OH is 1. The van der Waals surface area contributed by atoms with Gasteiger partial charge in [-0.15, -0.1) is 0 Å². The molecule has 1 aliphatic heterocycles. The lowest BCUT2D eigenvalue weighted by atomic mass is 10.4. The van der Waals surface area contributed by atoms with Crippen LogP contribution in [-0.2, 0) is 6.61 Å². The minimum atomic E-state index is -0.0456. The van der Waals surface area contributed by atoms with Crippen LogP contribution in [0.3, 0.4) is 0 Å². The van der Waals surface area contributed by atoms with Gasteiger partial charge in [-0.25, -0.2) is 4.98 Å². The summed E-state index contributed by atoms with van der Waals surface area (Å²) in [5, 5.41) is 8.90. The van der Waals surface area contributed by atoms with Gasteiger partial charge >= 0.3 is 0 Å². The second-order valence-electron chi connectivity index (χ2n) is 4.17. The summed E-state index contributed by atoms with van der Waals surface area (Å²) in [7, 11) is 2.14. The Balaban J connectivity index is 2.04. The first kappa shape index (κ1) is 11.3. The predicted octanol–water partition coefficient (Wildman–Crippen LogP) is 0.111. The van der Waals surface area contributed by atoms with Gasteiger partial charge in [0.05, 0.1) is 24.7 Å². The second kappa shape index (κ2) is 5.23. The number of aliphatic hydroxyl groups is 1. The maximum atomic E-state index is 8.90. The van der Waals surface area contributed by atoms with E-state index in [0.29, 0.717) is 5.69 Å². The van der Waals surface area contributed by atoms with Crippen LogP contribution in [0.25, 0.3) is 0 Å². The van der Waals surface area contributed by atoms with Gasteiger partial charge in [0.25, 0.3) is 0 Å². The van der Waals surface area contributed by atoms with Crippen molar-refractivity contribution in [3.63, 3.8) is 0 Å². The van der Waals surface area contributed by atoms with Crippen molar-refractivity contribution in [2.75, 3.05) is 38.1 Å². The minimum absolute atomic E-state index is 0.0456. The molecular weight excluding hydrogens is 204 g/mol. The molecule has 0 aromatic carbocycles. The smallest absolute Gasteiger partial charge is 0.147 e. The third kappa shape index (κ3) is 2.68. The lowest BCUT2D eigenvalue weighted by molar-refractivity contribution is 0.276. The molecule has 1 saturated heterocycles. The van der Waals surface area contributed by atoms with Gasteiger partial charge in [-0.1, -0.05) is 0 Å². The molecule has 1 aromatic rings. The van der Waals surface area contributed by atoms with Crippen LogP contribution in [0.5, 0.6) is 0 Å². The average molecular weight is 222 g/mol. The van der Waals surface area contributed by atoms with E-state index in [2.05, 4.69) is 26.8 Å². The zero-order valence-electron chi connectivity index (χ0n) is 9.63. The highest BCUT2D eigenvalue weighted by Gasteiger charge is 2.13. The quantitative estimate of drug-likeness (QED) is 0.770. The van der Waals surface area contributed by atoms with Gasteiger partial charge in [0.2, 0.25) is 0 Å². The SMILES string of the molecule is CN1CCCN(c2cnc(CO)cn2)CC1. The highest BCUT2D eigenvalue weighted by atomic mass is 16.3. The zero-order chi connectivity index (χ0) is 11.4. The molecule has 0 aliphatic carbocycles. The van der Waals surface area contributed by atoms with E-state index in [-0.39, 0.29) is 6.61 Å². The maximum absolute atomic E-state index is 8.90. The molecule has 5 nitrogen and oxygen atoms in total.